The molecule has 0 amide bonds. The number of aliphatic hydroxyl groups is 1. The Bertz CT molecular complexity index is 119. The van der Waals surface area contributed by atoms with Crippen molar-refractivity contribution in [1.29, 1.82) is 0 Å². The van der Waals surface area contributed by atoms with E-state index in [2.05, 4.69) is 0 Å². The van der Waals surface area contributed by atoms with E-state index in [0.717, 1.165) is 0 Å². The molecule has 11 heavy (non-hydrogen) atoms. The summed E-state index contributed by atoms with van der Waals surface area (Å²) < 4.78 is 10.2. The fraction of sp³-hybridized carbons (Fsp3) is 1.00. The van der Waals surface area contributed by atoms with E-state index in [0.29, 0.717) is 6.42 Å². The highest BCUT2D eigenvalue weighted by Crippen LogP contribution is 2.18. The highest BCUT2D eigenvalue weighted by atomic mass is 16.7. The summed E-state index contributed by atoms with van der Waals surface area (Å²) in [6.45, 7) is 1.79. The van der Waals surface area contributed by atoms with E-state index in [4.69, 9.17) is 15.2 Å². The summed E-state index contributed by atoms with van der Waals surface area (Å²) in [5.74, 6) is 0. The minimum atomic E-state index is -0.568. The average Bonchev–Trinajstić information content (AvgIpc) is 1.99. The third-order valence-electron chi connectivity index (χ3n) is 2.01. The normalized spacial score (nSPS) is 45.8. The molecule has 2 unspecified atom stereocenters. The van der Waals surface area contributed by atoms with Crippen LogP contribution in [-0.2, 0) is 9.47 Å². The first-order chi connectivity index (χ1) is 5.15. The van der Waals surface area contributed by atoms with E-state index >= 15 is 0 Å². The van der Waals surface area contributed by atoms with Crippen LogP contribution in [0.15, 0.2) is 0 Å². The molecule has 1 aliphatic heterocycles. The van der Waals surface area contributed by atoms with Gasteiger partial charge in [-0.25, -0.2) is 0 Å². The van der Waals surface area contributed by atoms with Crippen molar-refractivity contribution in [3.8, 4) is 0 Å². The Morgan fingerprint density at radius 3 is 2.73 bits per heavy atom. The topological polar surface area (TPSA) is 64.7 Å². The Morgan fingerprint density at radius 2 is 2.27 bits per heavy atom. The monoisotopic (exact) mass is 161 g/mol. The molecule has 1 fully saturated rings. The maximum absolute atomic E-state index is 9.35. The number of hydrogen-bond acceptors (Lipinski definition) is 4. The number of aliphatic hydroxyl groups excluding tert-OH is 1. The number of methoxy groups -OCH3 is 1. The van der Waals surface area contributed by atoms with Crippen molar-refractivity contribution in [2.45, 2.75) is 37.9 Å². The fourth-order valence-electron chi connectivity index (χ4n) is 1.24. The van der Waals surface area contributed by atoms with E-state index in [9.17, 15) is 5.11 Å². The van der Waals surface area contributed by atoms with Crippen molar-refractivity contribution in [3.63, 3.8) is 0 Å². The van der Waals surface area contributed by atoms with Gasteiger partial charge in [-0.05, 0) is 6.92 Å². The molecule has 0 aromatic carbocycles. The van der Waals surface area contributed by atoms with Gasteiger partial charge in [0.25, 0.3) is 0 Å². The zero-order chi connectivity index (χ0) is 8.43. The summed E-state index contributed by atoms with van der Waals surface area (Å²) in [7, 11) is 1.57. The van der Waals surface area contributed by atoms with Crippen molar-refractivity contribution < 1.29 is 14.6 Å². The molecule has 4 nitrogen and oxygen atoms in total. The van der Waals surface area contributed by atoms with E-state index in [1.54, 1.807) is 14.0 Å². The van der Waals surface area contributed by atoms with Crippen molar-refractivity contribution in [3.05, 3.63) is 0 Å². The standard InChI is InChI=1S/C7H15NO3/c1-4-7(9)5(8)3-6(10-2)11-4/h4-7,9H,3,8H2,1-2H3/t4?,5?,6-,7-/m1/s1. The van der Waals surface area contributed by atoms with Crippen molar-refractivity contribution in [2.75, 3.05) is 7.11 Å². The van der Waals surface area contributed by atoms with E-state index in [1.807, 2.05) is 0 Å². The van der Waals surface area contributed by atoms with Crippen molar-refractivity contribution in [2.24, 2.45) is 5.73 Å². The van der Waals surface area contributed by atoms with Gasteiger partial charge in [-0.3, -0.25) is 0 Å². The largest absolute Gasteiger partial charge is 0.389 e. The molecule has 66 valence electrons. The summed E-state index contributed by atoms with van der Waals surface area (Å²) >= 11 is 0. The van der Waals surface area contributed by atoms with E-state index < -0.39 is 6.10 Å². The first-order valence-electron chi connectivity index (χ1n) is 3.77. The van der Waals surface area contributed by atoms with Gasteiger partial charge in [-0.15, -0.1) is 0 Å². The van der Waals surface area contributed by atoms with Crippen LogP contribution < -0.4 is 5.73 Å². The van der Waals surface area contributed by atoms with Crippen molar-refractivity contribution in [1.82, 2.24) is 0 Å². The van der Waals surface area contributed by atoms with E-state index in [1.165, 1.54) is 0 Å². The number of rotatable bonds is 1. The second-order valence-corrected chi connectivity index (χ2v) is 2.90. The molecule has 0 aromatic heterocycles. The van der Waals surface area contributed by atoms with Crippen molar-refractivity contribution >= 4 is 0 Å². The van der Waals surface area contributed by atoms with E-state index in [-0.39, 0.29) is 18.4 Å². The Balaban J connectivity index is 2.47. The van der Waals surface area contributed by atoms with Crippen LogP contribution in [0.2, 0.25) is 0 Å². The lowest BCUT2D eigenvalue weighted by Crippen LogP contribution is -2.51. The van der Waals surface area contributed by atoms with Gasteiger partial charge in [-0.2, -0.15) is 0 Å². The SMILES string of the molecule is CO[C@H]1CC(N)[C@H](O)C(C)O1. The maximum atomic E-state index is 9.35. The maximum Gasteiger partial charge on any atom is 0.159 e. The number of hydrogen-bond donors (Lipinski definition) is 2. The molecule has 1 rings (SSSR count). The Kier molecular flexibility index (Phi) is 2.84. The lowest BCUT2D eigenvalue weighted by Gasteiger charge is -2.35. The molecule has 0 radical (unpaired) electrons. The predicted octanol–water partition coefficient (Wildman–Crippen LogP) is -0.544. The van der Waals surface area contributed by atoms with Gasteiger partial charge >= 0.3 is 0 Å². The van der Waals surface area contributed by atoms with Gasteiger partial charge in [0.2, 0.25) is 0 Å². The van der Waals surface area contributed by atoms with Crippen LogP contribution in [0, 0.1) is 0 Å². The summed E-state index contributed by atoms with van der Waals surface area (Å²) in [4.78, 5) is 0. The first kappa shape index (κ1) is 8.93. The smallest absolute Gasteiger partial charge is 0.159 e. The average molecular weight is 161 g/mol. The molecule has 4 atom stereocenters. The van der Waals surface area contributed by atoms with Gasteiger partial charge in [0.1, 0.15) is 0 Å². The quantitative estimate of drug-likeness (QED) is 0.542. The molecule has 0 aliphatic carbocycles. The first-order valence-corrected chi connectivity index (χ1v) is 3.77. The van der Waals surface area contributed by atoms with Gasteiger partial charge in [-0.1, -0.05) is 0 Å². The van der Waals surface area contributed by atoms with Crippen LogP contribution in [0.1, 0.15) is 13.3 Å². The van der Waals surface area contributed by atoms with Gasteiger partial charge in [0, 0.05) is 19.6 Å². The van der Waals surface area contributed by atoms with Crippen LogP contribution in [0.5, 0.6) is 0 Å². The Hall–Kier alpha value is -0.160. The summed E-state index contributed by atoms with van der Waals surface area (Å²) in [5.41, 5.74) is 5.62. The van der Waals surface area contributed by atoms with Crippen LogP contribution in [-0.4, -0.2) is 36.8 Å². The molecule has 1 saturated heterocycles. The number of nitrogens with two attached hydrogens (primary N) is 1. The Morgan fingerprint density at radius 1 is 1.64 bits per heavy atom. The highest BCUT2D eigenvalue weighted by molar-refractivity contribution is 4.82. The second-order valence-electron chi connectivity index (χ2n) is 2.90. The number of ether oxygens (including phenoxy) is 2. The minimum absolute atomic E-state index is 0.233. The molecule has 4 heteroatoms. The molecule has 0 bridgehead atoms. The lowest BCUT2D eigenvalue weighted by atomic mass is 10.0. The van der Waals surface area contributed by atoms with Crippen LogP contribution in [0.25, 0.3) is 0 Å². The molecule has 0 saturated carbocycles. The molecule has 0 spiro atoms. The van der Waals surface area contributed by atoms with Crippen LogP contribution in [0.4, 0.5) is 0 Å². The van der Waals surface area contributed by atoms with Gasteiger partial charge in [0.05, 0.1) is 12.2 Å². The summed E-state index contributed by atoms with van der Waals surface area (Å²) in [6, 6.07) is -0.233. The third-order valence-corrected chi connectivity index (χ3v) is 2.01. The molecule has 1 heterocycles. The van der Waals surface area contributed by atoms with Gasteiger partial charge in [0.15, 0.2) is 6.29 Å². The fourth-order valence-corrected chi connectivity index (χ4v) is 1.24. The molecule has 3 N–H and O–H groups in total. The third kappa shape index (κ3) is 1.90. The Labute approximate surface area is 66.3 Å². The summed E-state index contributed by atoms with van der Waals surface area (Å²) in [5, 5.41) is 9.35. The highest BCUT2D eigenvalue weighted by Gasteiger charge is 2.32. The zero-order valence-electron chi connectivity index (χ0n) is 6.86. The minimum Gasteiger partial charge on any atom is -0.389 e. The van der Waals surface area contributed by atoms with Gasteiger partial charge < -0.3 is 20.3 Å². The second kappa shape index (κ2) is 3.49. The molecular weight excluding hydrogens is 146 g/mol. The zero-order valence-corrected chi connectivity index (χ0v) is 6.86. The predicted molar refractivity (Wildman–Crippen MR) is 39.9 cm³/mol. The molecular formula is C7H15NO3. The van der Waals surface area contributed by atoms with Crippen LogP contribution >= 0.6 is 0 Å². The lowest BCUT2D eigenvalue weighted by molar-refractivity contribution is -0.211. The van der Waals surface area contributed by atoms with Crippen LogP contribution in [0.3, 0.4) is 0 Å². The molecule has 0 aromatic rings. The summed E-state index contributed by atoms with van der Waals surface area (Å²) in [6.07, 6.45) is -0.504. The molecule has 1 aliphatic rings.